The van der Waals surface area contributed by atoms with E-state index in [9.17, 15) is 5.11 Å². The number of hydrogen-bond acceptors (Lipinski definition) is 3. The van der Waals surface area contributed by atoms with Gasteiger partial charge in [0, 0.05) is 23.8 Å². The largest absolute Gasteiger partial charge is 0.487 e. The highest BCUT2D eigenvalue weighted by atomic mass is 35.5. The van der Waals surface area contributed by atoms with Gasteiger partial charge in [0.05, 0.1) is 11.8 Å². The van der Waals surface area contributed by atoms with E-state index in [1.54, 1.807) is 29.8 Å². The van der Waals surface area contributed by atoms with Crippen LogP contribution < -0.4 is 4.74 Å². The zero-order valence-electron chi connectivity index (χ0n) is 10.3. The number of hydrogen-bond donors (Lipinski definition) is 1. The van der Waals surface area contributed by atoms with Gasteiger partial charge in [-0.3, -0.25) is 4.68 Å². The Kier molecular flexibility index (Phi) is 3.89. The van der Waals surface area contributed by atoms with Gasteiger partial charge in [-0.15, -0.1) is 0 Å². The SMILES string of the molecule is CC(O)c1cc(Cl)ccc1OCc1ccn(C)n1. The molecule has 18 heavy (non-hydrogen) atoms. The summed E-state index contributed by atoms with van der Waals surface area (Å²) in [6.07, 6.45) is 1.23. The summed E-state index contributed by atoms with van der Waals surface area (Å²) in [5.41, 5.74) is 1.52. The van der Waals surface area contributed by atoms with E-state index in [1.165, 1.54) is 0 Å². The molecule has 1 aromatic heterocycles. The lowest BCUT2D eigenvalue weighted by Crippen LogP contribution is -2.02. The minimum atomic E-state index is -0.623. The molecule has 2 aromatic rings. The summed E-state index contributed by atoms with van der Waals surface area (Å²) >= 11 is 5.90. The number of nitrogens with zero attached hydrogens (tertiary/aromatic N) is 2. The lowest BCUT2D eigenvalue weighted by Gasteiger charge is -2.13. The number of ether oxygens (including phenoxy) is 1. The summed E-state index contributed by atoms with van der Waals surface area (Å²) in [6, 6.07) is 7.09. The molecule has 5 heteroatoms. The maximum absolute atomic E-state index is 9.67. The van der Waals surface area contributed by atoms with Crippen molar-refractivity contribution in [1.29, 1.82) is 0 Å². The number of rotatable bonds is 4. The Balaban J connectivity index is 2.13. The van der Waals surface area contributed by atoms with Crippen molar-refractivity contribution in [1.82, 2.24) is 9.78 Å². The lowest BCUT2D eigenvalue weighted by atomic mass is 10.1. The summed E-state index contributed by atoms with van der Waals surface area (Å²) in [4.78, 5) is 0. The Labute approximate surface area is 111 Å². The van der Waals surface area contributed by atoms with Gasteiger partial charge in [-0.1, -0.05) is 11.6 Å². The van der Waals surface area contributed by atoms with Crippen LogP contribution in [0.15, 0.2) is 30.5 Å². The second-order valence-electron chi connectivity index (χ2n) is 4.13. The third-order valence-corrected chi connectivity index (χ3v) is 2.80. The molecule has 0 aliphatic rings. The van der Waals surface area contributed by atoms with Crippen LogP contribution in [0.2, 0.25) is 5.02 Å². The minimum Gasteiger partial charge on any atom is -0.487 e. The summed E-state index contributed by atoms with van der Waals surface area (Å²) in [6.45, 7) is 2.04. The summed E-state index contributed by atoms with van der Waals surface area (Å²) < 4.78 is 7.38. The van der Waals surface area contributed by atoms with Crippen LogP contribution in [0.1, 0.15) is 24.3 Å². The van der Waals surface area contributed by atoms with Gasteiger partial charge < -0.3 is 9.84 Å². The number of aryl methyl sites for hydroxylation is 1. The maximum Gasteiger partial charge on any atom is 0.132 e. The van der Waals surface area contributed by atoms with Crippen molar-refractivity contribution in [3.05, 3.63) is 46.7 Å². The molecule has 1 N–H and O–H groups in total. The van der Waals surface area contributed by atoms with E-state index in [0.29, 0.717) is 22.9 Å². The molecule has 96 valence electrons. The molecule has 1 aromatic carbocycles. The summed E-state index contributed by atoms with van der Waals surface area (Å²) in [7, 11) is 1.85. The highest BCUT2D eigenvalue weighted by Crippen LogP contribution is 2.28. The van der Waals surface area contributed by atoms with Crippen molar-refractivity contribution in [2.75, 3.05) is 0 Å². The molecule has 0 radical (unpaired) electrons. The van der Waals surface area contributed by atoms with Crippen molar-refractivity contribution in [2.24, 2.45) is 7.05 Å². The average molecular weight is 267 g/mol. The van der Waals surface area contributed by atoms with Crippen LogP contribution >= 0.6 is 11.6 Å². The Morgan fingerprint density at radius 1 is 1.44 bits per heavy atom. The fourth-order valence-corrected chi connectivity index (χ4v) is 1.85. The second-order valence-corrected chi connectivity index (χ2v) is 4.56. The van der Waals surface area contributed by atoms with E-state index in [2.05, 4.69) is 5.10 Å². The highest BCUT2D eigenvalue weighted by molar-refractivity contribution is 6.30. The molecule has 0 aliphatic carbocycles. The zero-order chi connectivity index (χ0) is 13.1. The molecule has 1 unspecified atom stereocenters. The van der Waals surface area contributed by atoms with Gasteiger partial charge in [-0.05, 0) is 31.2 Å². The molecule has 1 atom stereocenters. The molecule has 0 amide bonds. The van der Waals surface area contributed by atoms with Crippen molar-refractivity contribution < 1.29 is 9.84 Å². The molecule has 0 fully saturated rings. The van der Waals surface area contributed by atoms with E-state index in [-0.39, 0.29) is 0 Å². The number of aliphatic hydroxyl groups is 1. The van der Waals surface area contributed by atoms with Gasteiger partial charge >= 0.3 is 0 Å². The monoisotopic (exact) mass is 266 g/mol. The average Bonchev–Trinajstić information content (AvgIpc) is 2.73. The Morgan fingerprint density at radius 3 is 2.83 bits per heavy atom. The van der Waals surface area contributed by atoms with Crippen LogP contribution in [-0.2, 0) is 13.7 Å². The molecule has 0 spiro atoms. The van der Waals surface area contributed by atoms with Crippen LogP contribution in [0.25, 0.3) is 0 Å². The molecule has 0 bridgehead atoms. The first-order valence-corrected chi connectivity index (χ1v) is 6.03. The normalized spacial score (nSPS) is 12.4. The number of halogens is 1. The fourth-order valence-electron chi connectivity index (χ4n) is 1.67. The summed E-state index contributed by atoms with van der Waals surface area (Å²) in [5.74, 6) is 0.625. The quantitative estimate of drug-likeness (QED) is 0.926. The number of benzene rings is 1. The van der Waals surface area contributed by atoms with Gasteiger partial charge in [0.2, 0.25) is 0 Å². The molecule has 0 saturated heterocycles. The summed E-state index contributed by atoms with van der Waals surface area (Å²) in [5, 5.41) is 14.5. The first-order valence-electron chi connectivity index (χ1n) is 5.65. The van der Waals surface area contributed by atoms with Crippen LogP contribution in [0.5, 0.6) is 5.75 Å². The number of aromatic nitrogens is 2. The van der Waals surface area contributed by atoms with Crippen LogP contribution in [0.3, 0.4) is 0 Å². The van der Waals surface area contributed by atoms with E-state index in [1.807, 2.05) is 19.3 Å². The minimum absolute atomic E-state index is 0.363. The molecule has 1 heterocycles. The Hall–Kier alpha value is -1.52. The molecule has 2 rings (SSSR count). The van der Waals surface area contributed by atoms with E-state index in [0.717, 1.165) is 5.69 Å². The van der Waals surface area contributed by atoms with E-state index < -0.39 is 6.10 Å². The van der Waals surface area contributed by atoms with Gasteiger partial charge in [-0.25, -0.2) is 0 Å². The molecule has 0 saturated carbocycles. The first-order chi connectivity index (χ1) is 8.56. The van der Waals surface area contributed by atoms with Gasteiger partial charge in [0.15, 0.2) is 0 Å². The first kappa shape index (κ1) is 12.9. The third kappa shape index (κ3) is 3.03. The predicted molar refractivity (Wildman–Crippen MR) is 69.6 cm³/mol. The van der Waals surface area contributed by atoms with E-state index in [4.69, 9.17) is 16.3 Å². The molecular formula is C13H15ClN2O2. The van der Waals surface area contributed by atoms with Gasteiger partial charge in [-0.2, -0.15) is 5.10 Å². The van der Waals surface area contributed by atoms with Crippen molar-refractivity contribution in [3.63, 3.8) is 0 Å². The van der Waals surface area contributed by atoms with Gasteiger partial charge in [0.1, 0.15) is 12.4 Å². The smallest absolute Gasteiger partial charge is 0.132 e. The van der Waals surface area contributed by atoms with Crippen LogP contribution in [0, 0.1) is 0 Å². The van der Waals surface area contributed by atoms with Crippen molar-refractivity contribution >= 4 is 11.6 Å². The van der Waals surface area contributed by atoms with Gasteiger partial charge in [0.25, 0.3) is 0 Å². The van der Waals surface area contributed by atoms with Crippen LogP contribution in [-0.4, -0.2) is 14.9 Å². The van der Waals surface area contributed by atoms with Crippen molar-refractivity contribution in [3.8, 4) is 5.75 Å². The second kappa shape index (κ2) is 5.42. The zero-order valence-corrected chi connectivity index (χ0v) is 11.1. The highest BCUT2D eigenvalue weighted by Gasteiger charge is 2.10. The Bertz CT molecular complexity index is 538. The van der Waals surface area contributed by atoms with E-state index >= 15 is 0 Å². The third-order valence-electron chi connectivity index (χ3n) is 2.57. The predicted octanol–water partition coefficient (Wildman–Crippen LogP) is 2.71. The standard InChI is InChI=1S/C13H15ClN2O2/c1-9(17)12-7-10(14)3-4-13(12)18-8-11-5-6-16(2)15-11/h3-7,9,17H,8H2,1-2H3. The maximum atomic E-state index is 9.67. The molecule has 0 aliphatic heterocycles. The topological polar surface area (TPSA) is 47.3 Å². The lowest BCUT2D eigenvalue weighted by molar-refractivity contribution is 0.190. The molecular weight excluding hydrogens is 252 g/mol. The fraction of sp³-hybridized carbons (Fsp3) is 0.308. The van der Waals surface area contributed by atoms with Crippen molar-refractivity contribution in [2.45, 2.75) is 19.6 Å². The Morgan fingerprint density at radius 2 is 2.22 bits per heavy atom. The van der Waals surface area contributed by atoms with Crippen LogP contribution in [0.4, 0.5) is 0 Å². The molecule has 4 nitrogen and oxygen atoms in total. The number of aliphatic hydroxyl groups excluding tert-OH is 1.